The van der Waals surface area contributed by atoms with Crippen LogP contribution in [-0.4, -0.2) is 4.98 Å². The largest absolute Gasteiger partial charge is 0.487 e. The van der Waals surface area contributed by atoms with E-state index in [1.54, 1.807) is 12.3 Å². The van der Waals surface area contributed by atoms with Crippen molar-refractivity contribution in [2.45, 2.75) is 6.61 Å². The molecular weight excluding hydrogens is 304 g/mol. The molecule has 0 amide bonds. The summed E-state index contributed by atoms with van der Waals surface area (Å²) in [5.74, 6) is 1.54. The number of anilines is 2. The van der Waals surface area contributed by atoms with Crippen LogP contribution in [0.3, 0.4) is 0 Å². The quantitative estimate of drug-likeness (QED) is 0.794. The number of ether oxygens (including phenoxy) is 1. The number of nitrogens with zero attached hydrogens (tertiary/aromatic N) is 1. The van der Waals surface area contributed by atoms with Gasteiger partial charge in [-0.15, -0.1) is 0 Å². The van der Waals surface area contributed by atoms with Gasteiger partial charge in [-0.2, -0.15) is 0 Å². The highest BCUT2D eigenvalue weighted by Gasteiger charge is 2.16. The third-order valence-corrected chi connectivity index (χ3v) is 3.41. The second kappa shape index (κ2) is 4.20. The summed E-state index contributed by atoms with van der Waals surface area (Å²) in [6.45, 7) is 0.420. The van der Waals surface area contributed by atoms with Gasteiger partial charge in [-0.3, -0.25) is 0 Å². The highest BCUT2D eigenvalue weighted by molar-refractivity contribution is 9.10. The van der Waals surface area contributed by atoms with Crippen molar-refractivity contribution in [3.05, 3.63) is 45.5 Å². The molecule has 0 aliphatic carbocycles. The Morgan fingerprint density at radius 3 is 3.12 bits per heavy atom. The van der Waals surface area contributed by atoms with Gasteiger partial charge in [0.05, 0.1) is 16.3 Å². The molecule has 3 nitrogen and oxygen atoms in total. The number of fused-ring (bicyclic) bond motifs is 2. The molecule has 0 spiro atoms. The van der Waals surface area contributed by atoms with Crippen molar-refractivity contribution in [2.75, 3.05) is 5.32 Å². The minimum absolute atomic E-state index is 0.420. The lowest BCUT2D eigenvalue weighted by atomic mass is 10.2. The molecule has 1 aromatic carbocycles. The maximum absolute atomic E-state index is 6.12. The molecule has 1 N–H and O–H groups in total. The van der Waals surface area contributed by atoms with Crippen LogP contribution in [0.4, 0.5) is 11.5 Å². The maximum Gasteiger partial charge on any atom is 0.143 e. The predicted molar refractivity (Wildman–Crippen MR) is 71.0 cm³/mol. The first-order chi connectivity index (χ1) is 8.24. The molecule has 5 heteroatoms. The van der Waals surface area contributed by atoms with E-state index in [-0.39, 0.29) is 0 Å². The van der Waals surface area contributed by atoms with E-state index < -0.39 is 0 Å². The molecule has 2 heterocycles. The molecule has 0 bridgehead atoms. The van der Waals surface area contributed by atoms with Crippen LogP contribution < -0.4 is 10.1 Å². The van der Waals surface area contributed by atoms with Gasteiger partial charge in [0.2, 0.25) is 0 Å². The summed E-state index contributed by atoms with van der Waals surface area (Å²) in [7, 11) is 0. The number of halogens is 2. The van der Waals surface area contributed by atoms with Crippen molar-refractivity contribution >= 4 is 39.0 Å². The van der Waals surface area contributed by atoms with Crippen LogP contribution >= 0.6 is 27.5 Å². The number of hydrogen-bond acceptors (Lipinski definition) is 3. The minimum Gasteiger partial charge on any atom is -0.487 e. The first kappa shape index (κ1) is 10.9. The van der Waals surface area contributed by atoms with Crippen LogP contribution in [0.25, 0.3) is 0 Å². The van der Waals surface area contributed by atoms with Gasteiger partial charge in [-0.25, -0.2) is 4.98 Å². The lowest BCUT2D eigenvalue weighted by Crippen LogP contribution is -1.97. The maximum atomic E-state index is 6.12. The average Bonchev–Trinajstić information content (AvgIpc) is 2.48. The number of rotatable bonds is 0. The Kier molecular flexibility index (Phi) is 2.68. The Bertz CT molecular complexity index is 589. The van der Waals surface area contributed by atoms with Crippen molar-refractivity contribution in [1.82, 2.24) is 4.98 Å². The molecule has 2 aromatic rings. The number of benzene rings is 1. The predicted octanol–water partition coefficient (Wildman–Crippen LogP) is 4.13. The first-order valence-electron chi connectivity index (χ1n) is 5.07. The van der Waals surface area contributed by atoms with E-state index in [2.05, 4.69) is 26.2 Å². The summed E-state index contributed by atoms with van der Waals surface area (Å²) < 4.78 is 6.69. The molecule has 1 aliphatic rings. The Balaban J connectivity index is 2.12. The number of hydrogen-bond donors (Lipinski definition) is 1. The van der Waals surface area contributed by atoms with Gasteiger partial charge in [-0.05, 0) is 24.3 Å². The van der Waals surface area contributed by atoms with Crippen LogP contribution in [-0.2, 0) is 6.61 Å². The van der Waals surface area contributed by atoms with Crippen molar-refractivity contribution in [3.8, 4) is 5.75 Å². The van der Waals surface area contributed by atoms with Gasteiger partial charge in [-0.1, -0.05) is 27.5 Å². The molecule has 1 aliphatic heterocycles. The first-order valence-corrected chi connectivity index (χ1v) is 6.24. The lowest BCUT2D eigenvalue weighted by Gasteiger charge is -2.07. The van der Waals surface area contributed by atoms with Crippen molar-refractivity contribution in [3.63, 3.8) is 0 Å². The second-order valence-corrected chi connectivity index (χ2v) is 5.00. The smallest absolute Gasteiger partial charge is 0.143 e. The highest BCUT2D eigenvalue weighted by Crippen LogP contribution is 2.36. The summed E-state index contributed by atoms with van der Waals surface area (Å²) in [5, 5.41) is 3.90. The Morgan fingerprint density at radius 1 is 1.35 bits per heavy atom. The van der Waals surface area contributed by atoms with Crippen LogP contribution in [0.1, 0.15) is 5.56 Å². The van der Waals surface area contributed by atoms with E-state index in [0.717, 1.165) is 27.3 Å². The summed E-state index contributed by atoms with van der Waals surface area (Å²) in [4.78, 5) is 4.28. The third kappa shape index (κ3) is 1.98. The molecule has 0 radical (unpaired) electrons. The molecule has 0 saturated heterocycles. The fourth-order valence-corrected chi connectivity index (χ4v) is 2.28. The molecule has 1 aromatic heterocycles. The molecule has 0 atom stereocenters. The Morgan fingerprint density at radius 2 is 2.24 bits per heavy atom. The van der Waals surface area contributed by atoms with Gasteiger partial charge in [0, 0.05) is 10.7 Å². The van der Waals surface area contributed by atoms with Gasteiger partial charge in [0.25, 0.3) is 0 Å². The van der Waals surface area contributed by atoms with E-state index in [0.29, 0.717) is 11.6 Å². The van der Waals surface area contributed by atoms with Crippen LogP contribution in [0.2, 0.25) is 5.02 Å². The SMILES string of the molecule is Clc1ccnc2c1COc1ccc(Br)cc1N2. The Hall–Kier alpha value is -1.26. The summed E-state index contributed by atoms with van der Waals surface area (Å²) in [5.41, 5.74) is 1.76. The fraction of sp³-hybridized carbons (Fsp3) is 0.0833. The lowest BCUT2D eigenvalue weighted by molar-refractivity contribution is 0.310. The van der Waals surface area contributed by atoms with E-state index in [9.17, 15) is 0 Å². The number of pyridine rings is 1. The van der Waals surface area contributed by atoms with E-state index >= 15 is 0 Å². The molecule has 0 unspecified atom stereocenters. The van der Waals surface area contributed by atoms with Gasteiger partial charge in [0.15, 0.2) is 0 Å². The molecular formula is C12H8BrClN2O. The summed E-state index contributed by atoms with van der Waals surface area (Å²) in [6.07, 6.45) is 1.68. The van der Waals surface area contributed by atoms with E-state index in [1.807, 2.05) is 18.2 Å². The molecule has 3 rings (SSSR count). The summed E-state index contributed by atoms with van der Waals surface area (Å²) in [6, 6.07) is 7.56. The number of nitrogens with one attached hydrogen (secondary N) is 1. The van der Waals surface area contributed by atoms with Gasteiger partial charge in [0.1, 0.15) is 18.2 Å². The zero-order valence-electron chi connectivity index (χ0n) is 8.71. The van der Waals surface area contributed by atoms with Crippen molar-refractivity contribution < 1.29 is 4.74 Å². The molecule has 17 heavy (non-hydrogen) atoms. The monoisotopic (exact) mass is 310 g/mol. The zero-order chi connectivity index (χ0) is 11.8. The summed E-state index contributed by atoms with van der Waals surface area (Å²) >= 11 is 9.55. The number of aromatic nitrogens is 1. The second-order valence-electron chi connectivity index (χ2n) is 3.67. The minimum atomic E-state index is 0.420. The average molecular weight is 312 g/mol. The van der Waals surface area contributed by atoms with E-state index in [4.69, 9.17) is 16.3 Å². The highest BCUT2D eigenvalue weighted by atomic mass is 79.9. The van der Waals surface area contributed by atoms with Crippen LogP contribution in [0.5, 0.6) is 5.75 Å². The third-order valence-electron chi connectivity index (χ3n) is 2.57. The molecule has 0 saturated carbocycles. The van der Waals surface area contributed by atoms with Crippen LogP contribution in [0.15, 0.2) is 34.9 Å². The fourth-order valence-electron chi connectivity index (χ4n) is 1.72. The van der Waals surface area contributed by atoms with Gasteiger partial charge < -0.3 is 10.1 Å². The van der Waals surface area contributed by atoms with Crippen molar-refractivity contribution in [2.24, 2.45) is 0 Å². The van der Waals surface area contributed by atoms with Crippen LogP contribution in [0, 0.1) is 0 Å². The Labute approximate surface area is 112 Å². The van der Waals surface area contributed by atoms with E-state index in [1.165, 1.54) is 0 Å². The molecule has 0 fully saturated rings. The normalized spacial score (nSPS) is 12.8. The standard InChI is InChI=1S/C12H8BrClN2O/c13-7-1-2-11-10(5-7)16-12-8(6-17-11)9(14)3-4-15-12/h1-5H,6H2,(H,15,16). The van der Waals surface area contributed by atoms with Crippen molar-refractivity contribution in [1.29, 1.82) is 0 Å². The van der Waals surface area contributed by atoms with Gasteiger partial charge >= 0.3 is 0 Å². The zero-order valence-corrected chi connectivity index (χ0v) is 11.0. The molecule has 86 valence electrons. The topological polar surface area (TPSA) is 34.1 Å².